The molecule has 2 atom stereocenters. The van der Waals surface area contributed by atoms with Crippen molar-refractivity contribution in [2.24, 2.45) is 5.92 Å². The summed E-state index contributed by atoms with van der Waals surface area (Å²) in [5.74, 6) is -1.98. The van der Waals surface area contributed by atoms with Gasteiger partial charge < -0.3 is 30.1 Å². The average molecular weight is 494 g/mol. The molecule has 1 rings (SSSR count). The van der Waals surface area contributed by atoms with Gasteiger partial charge in [0.05, 0.1) is 7.11 Å². The molecule has 10 nitrogen and oxygen atoms in total. The number of aryl methyl sites for hydroxylation is 1. The topological polar surface area (TPSA) is 134 Å². The van der Waals surface area contributed by atoms with E-state index in [0.717, 1.165) is 0 Å². The summed E-state index contributed by atoms with van der Waals surface area (Å²) in [5.41, 5.74) is 0.214. The molecule has 1 aromatic rings. The number of rotatable bonds is 10. The molecule has 196 valence electrons. The molecule has 0 heterocycles. The monoisotopic (exact) mass is 493 g/mol. The number of amides is 3. The smallest absolute Gasteiger partial charge is 0.408 e. The summed E-state index contributed by atoms with van der Waals surface area (Å²) in [4.78, 5) is 52.5. The van der Waals surface area contributed by atoms with E-state index in [1.54, 1.807) is 53.7 Å². The number of carbonyl (C=O) groups is 4. The number of hydrogen-bond acceptors (Lipinski definition) is 7. The third-order valence-electron chi connectivity index (χ3n) is 5.08. The van der Waals surface area contributed by atoms with Gasteiger partial charge in [0.2, 0.25) is 11.8 Å². The summed E-state index contributed by atoms with van der Waals surface area (Å²) in [6.45, 7) is 12.1. The Kier molecular flexibility index (Phi) is 11.0. The summed E-state index contributed by atoms with van der Waals surface area (Å²) in [5, 5.41) is 15.1. The molecular formula is C25H39N3O7. The molecule has 1 aromatic carbocycles. The Bertz CT molecular complexity index is 909. The molecular weight excluding hydrogens is 454 g/mol. The van der Waals surface area contributed by atoms with Gasteiger partial charge in [-0.05, 0) is 63.3 Å². The van der Waals surface area contributed by atoms with E-state index in [1.807, 2.05) is 6.92 Å². The Labute approximate surface area is 207 Å². The highest BCUT2D eigenvalue weighted by atomic mass is 16.6. The molecule has 2 unspecified atom stereocenters. The van der Waals surface area contributed by atoms with E-state index < -0.39 is 41.6 Å². The number of esters is 1. The first-order valence-corrected chi connectivity index (χ1v) is 11.7. The fourth-order valence-corrected chi connectivity index (χ4v) is 3.38. The quantitative estimate of drug-likeness (QED) is 0.427. The Morgan fingerprint density at radius 3 is 2.26 bits per heavy atom. The normalized spacial score (nSPS) is 12.9. The lowest BCUT2D eigenvalue weighted by atomic mass is 9.97. The minimum Gasteiger partial charge on any atom is -0.508 e. The summed E-state index contributed by atoms with van der Waals surface area (Å²) in [6.07, 6.45) is -0.214. The SMILES string of the molecule is CCCN(C(=O)C(NC(=O)OC(C)(C)C)C(C)C)C(C(=O)NCC(=O)OC)c1ccc(O)c(C)c1. The number of benzene rings is 1. The van der Waals surface area contributed by atoms with Crippen molar-refractivity contribution in [3.63, 3.8) is 0 Å². The van der Waals surface area contributed by atoms with Crippen LogP contribution in [0.3, 0.4) is 0 Å². The highest BCUT2D eigenvalue weighted by Crippen LogP contribution is 2.28. The van der Waals surface area contributed by atoms with Gasteiger partial charge in [-0.15, -0.1) is 0 Å². The van der Waals surface area contributed by atoms with Crippen LogP contribution in [0.4, 0.5) is 4.79 Å². The molecule has 0 bridgehead atoms. The second kappa shape index (κ2) is 13.0. The number of hydrogen-bond donors (Lipinski definition) is 3. The van der Waals surface area contributed by atoms with E-state index in [9.17, 15) is 24.3 Å². The molecule has 0 aliphatic rings. The van der Waals surface area contributed by atoms with E-state index in [0.29, 0.717) is 17.5 Å². The zero-order valence-corrected chi connectivity index (χ0v) is 21.9. The molecule has 0 aliphatic carbocycles. The summed E-state index contributed by atoms with van der Waals surface area (Å²) in [6, 6.07) is 2.52. The predicted octanol–water partition coefficient (Wildman–Crippen LogP) is 2.82. The van der Waals surface area contributed by atoms with Crippen molar-refractivity contribution < 1.29 is 33.8 Å². The van der Waals surface area contributed by atoms with Gasteiger partial charge in [0.25, 0.3) is 0 Å². The standard InChI is InChI=1S/C25H39N3O7/c1-9-12-28(23(32)20(15(2)3)27-24(33)35-25(5,6)7)21(22(31)26-14-19(30)34-8)17-10-11-18(29)16(4)13-17/h10-11,13,15,20-21,29H,9,12,14H2,1-8H3,(H,26,31)(H,27,33). The van der Waals surface area contributed by atoms with Crippen molar-refractivity contribution in [3.8, 4) is 5.75 Å². The van der Waals surface area contributed by atoms with Gasteiger partial charge in [-0.2, -0.15) is 0 Å². The summed E-state index contributed by atoms with van der Waals surface area (Å²) in [7, 11) is 1.21. The molecule has 0 saturated carbocycles. The van der Waals surface area contributed by atoms with Crippen molar-refractivity contribution in [2.75, 3.05) is 20.2 Å². The van der Waals surface area contributed by atoms with Crippen LogP contribution in [-0.2, 0) is 23.9 Å². The van der Waals surface area contributed by atoms with Gasteiger partial charge in [0.1, 0.15) is 30.0 Å². The fraction of sp³-hybridized carbons (Fsp3) is 0.600. The van der Waals surface area contributed by atoms with Crippen LogP contribution >= 0.6 is 0 Å². The van der Waals surface area contributed by atoms with Gasteiger partial charge in [0, 0.05) is 6.54 Å². The second-order valence-corrected chi connectivity index (χ2v) is 9.64. The van der Waals surface area contributed by atoms with E-state index in [1.165, 1.54) is 18.1 Å². The molecule has 10 heteroatoms. The maximum atomic E-state index is 13.8. The zero-order chi connectivity index (χ0) is 26.9. The number of methoxy groups -OCH3 is 1. The molecule has 0 saturated heterocycles. The lowest BCUT2D eigenvalue weighted by Gasteiger charge is -2.35. The summed E-state index contributed by atoms with van der Waals surface area (Å²) < 4.78 is 9.93. The largest absolute Gasteiger partial charge is 0.508 e. The number of nitrogens with zero attached hydrogens (tertiary/aromatic N) is 1. The van der Waals surface area contributed by atoms with Crippen LogP contribution in [0.25, 0.3) is 0 Å². The van der Waals surface area contributed by atoms with Crippen LogP contribution in [0.2, 0.25) is 0 Å². The average Bonchev–Trinajstić information content (AvgIpc) is 2.75. The van der Waals surface area contributed by atoms with Crippen molar-refractivity contribution in [1.82, 2.24) is 15.5 Å². The minimum absolute atomic E-state index is 0.0440. The minimum atomic E-state index is -1.12. The number of aromatic hydroxyl groups is 1. The Morgan fingerprint density at radius 2 is 1.77 bits per heavy atom. The third kappa shape index (κ3) is 9.11. The van der Waals surface area contributed by atoms with Gasteiger partial charge >= 0.3 is 12.1 Å². The molecule has 0 spiro atoms. The number of carbonyl (C=O) groups excluding carboxylic acids is 4. The first-order chi connectivity index (χ1) is 16.2. The Balaban J connectivity index is 3.44. The van der Waals surface area contributed by atoms with Crippen molar-refractivity contribution in [2.45, 2.75) is 72.6 Å². The van der Waals surface area contributed by atoms with Crippen molar-refractivity contribution in [3.05, 3.63) is 29.3 Å². The van der Waals surface area contributed by atoms with E-state index in [-0.39, 0.29) is 24.8 Å². The maximum absolute atomic E-state index is 13.8. The van der Waals surface area contributed by atoms with Crippen LogP contribution in [0.1, 0.15) is 65.1 Å². The molecule has 0 fully saturated rings. The molecule has 35 heavy (non-hydrogen) atoms. The number of phenolic OH excluding ortho intramolecular Hbond substituents is 1. The van der Waals surface area contributed by atoms with Crippen LogP contribution in [0.5, 0.6) is 5.75 Å². The first kappa shape index (κ1) is 29.7. The van der Waals surface area contributed by atoms with Gasteiger partial charge in [-0.25, -0.2) is 4.79 Å². The van der Waals surface area contributed by atoms with Crippen molar-refractivity contribution in [1.29, 1.82) is 0 Å². The van der Waals surface area contributed by atoms with Crippen LogP contribution < -0.4 is 10.6 Å². The first-order valence-electron chi connectivity index (χ1n) is 11.7. The van der Waals surface area contributed by atoms with E-state index in [2.05, 4.69) is 15.4 Å². The van der Waals surface area contributed by atoms with Gasteiger partial charge in [-0.1, -0.05) is 26.8 Å². The second-order valence-electron chi connectivity index (χ2n) is 9.64. The van der Waals surface area contributed by atoms with Gasteiger partial charge in [-0.3, -0.25) is 14.4 Å². The van der Waals surface area contributed by atoms with Crippen LogP contribution in [0.15, 0.2) is 18.2 Å². The number of ether oxygens (including phenoxy) is 2. The van der Waals surface area contributed by atoms with Crippen LogP contribution in [-0.4, -0.2) is 65.7 Å². The predicted molar refractivity (Wildman–Crippen MR) is 131 cm³/mol. The van der Waals surface area contributed by atoms with E-state index in [4.69, 9.17) is 4.74 Å². The summed E-state index contributed by atoms with van der Waals surface area (Å²) >= 11 is 0. The van der Waals surface area contributed by atoms with Gasteiger partial charge in [0.15, 0.2) is 0 Å². The number of nitrogens with one attached hydrogen (secondary N) is 2. The Morgan fingerprint density at radius 1 is 1.14 bits per heavy atom. The molecule has 3 N–H and O–H groups in total. The molecule has 0 aliphatic heterocycles. The number of phenols is 1. The fourth-order valence-electron chi connectivity index (χ4n) is 3.38. The molecule has 0 radical (unpaired) electrons. The highest BCUT2D eigenvalue weighted by Gasteiger charge is 2.37. The number of alkyl carbamates (subject to hydrolysis) is 1. The highest BCUT2D eigenvalue weighted by molar-refractivity contribution is 5.93. The Hall–Kier alpha value is -3.30. The van der Waals surface area contributed by atoms with Crippen molar-refractivity contribution >= 4 is 23.9 Å². The lowest BCUT2D eigenvalue weighted by molar-refractivity contribution is -0.145. The zero-order valence-electron chi connectivity index (χ0n) is 21.9. The molecule has 0 aromatic heterocycles. The van der Waals surface area contributed by atoms with E-state index >= 15 is 0 Å². The van der Waals surface area contributed by atoms with Crippen LogP contribution in [0, 0.1) is 12.8 Å². The molecule has 3 amide bonds. The third-order valence-corrected chi connectivity index (χ3v) is 5.08. The lowest BCUT2D eigenvalue weighted by Crippen LogP contribution is -2.55. The maximum Gasteiger partial charge on any atom is 0.408 e.